The number of phenols is 1. The van der Waals surface area contributed by atoms with E-state index >= 15 is 0 Å². The lowest BCUT2D eigenvalue weighted by Crippen LogP contribution is -2.22. The number of aryl methyl sites for hydroxylation is 1. The van der Waals surface area contributed by atoms with Crippen molar-refractivity contribution in [3.63, 3.8) is 0 Å². The third-order valence-electron chi connectivity index (χ3n) is 5.26. The van der Waals surface area contributed by atoms with Crippen LogP contribution in [0.2, 0.25) is 0 Å². The van der Waals surface area contributed by atoms with Gasteiger partial charge in [-0.05, 0) is 46.7 Å². The Balaban J connectivity index is 2.21. The number of fused-ring (bicyclic) bond motifs is 1. The molecule has 164 valence electrons. The van der Waals surface area contributed by atoms with Crippen molar-refractivity contribution in [3.8, 4) is 5.75 Å². The lowest BCUT2D eigenvalue weighted by atomic mass is 9.78. The van der Waals surface area contributed by atoms with Crippen LogP contribution in [0.1, 0.15) is 71.0 Å². The van der Waals surface area contributed by atoms with E-state index in [1.165, 1.54) is 4.68 Å². The standard InChI is InChI=1S/C25H30BrN3O2/c1-8-21-28-20-10-9-16(26)13-17(20)23(31)29(21)27-14-15-11-18(24(2,3)4)22(30)19(12-15)25(5,6)7/h9-14,30H,8H2,1-7H3. The first-order valence-corrected chi connectivity index (χ1v) is 11.3. The molecule has 0 aliphatic carbocycles. The molecule has 0 fully saturated rings. The molecule has 1 aromatic heterocycles. The Morgan fingerprint density at radius 3 is 2.16 bits per heavy atom. The molecule has 0 atom stereocenters. The number of aromatic nitrogens is 2. The molecule has 0 saturated heterocycles. The van der Waals surface area contributed by atoms with E-state index in [1.807, 2.05) is 31.2 Å². The largest absolute Gasteiger partial charge is 0.507 e. The van der Waals surface area contributed by atoms with E-state index in [-0.39, 0.29) is 16.4 Å². The molecule has 0 aliphatic rings. The summed E-state index contributed by atoms with van der Waals surface area (Å²) in [5.74, 6) is 0.919. The fraction of sp³-hybridized carbons (Fsp3) is 0.400. The Bertz CT molecular complexity index is 1190. The summed E-state index contributed by atoms with van der Waals surface area (Å²) in [4.78, 5) is 17.8. The van der Waals surface area contributed by atoms with Crippen molar-refractivity contribution in [1.29, 1.82) is 0 Å². The number of benzene rings is 2. The van der Waals surface area contributed by atoms with Gasteiger partial charge in [0.1, 0.15) is 11.6 Å². The van der Waals surface area contributed by atoms with Gasteiger partial charge in [0.05, 0.1) is 17.1 Å². The second kappa shape index (κ2) is 8.23. The monoisotopic (exact) mass is 483 g/mol. The van der Waals surface area contributed by atoms with E-state index in [2.05, 4.69) is 67.6 Å². The molecule has 0 amide bonds. The highest BCUT2D eigenvalue weighted by Crippen LogP contribution is 2.39. The molecule has 3 aromatic rings. The number of halogens is 1. The fourth-order valence-electron chi connectivity index (χ4n) is 3.54. The van der Waals surface area contributed by atoms with Gasteiger partial charge in [-0.3, -0.25) is 4.79 Å². The van der Waals surface area contributed by atoms with Crippen LogP contribution in [0.5, 0.6) is 5.75 Å². The molecule has 2 aromatic carbocycles. The lowest BCUT2D eigenvalue weighted by Gasteiger charge is -2.27. The van der Waals surface area contributed by atoms with Crippen LogP contribution < -0.4 is 5.56 Å². The first-order valence-electron chi connectivity index (χ1n) is 10.5. The van der Waals surface area contributed by atoms with Gasteiger partial charge in [-0.2, -0.15) is 9.78 Å². The average molecular weight is 484 g/mol. The Morgan fingerprint density at radius 1 is 1.06 bits per heavy atom. The molecule has 0 saturated carbocycles. The summed E-state index contributed by atoms with van der Waals surface area (Å²) in [6, 6.07) is 9.36. The smallest absolute Gasteiger partial charge is 0.282 e. The van der Waals surface area contributed by atoms with Crippen LogP contribution >= 0.6 is 15.9 Å². The molecule has 0 aliphatic heterocycles. The normalized spacial score (nSPS) is 12.8. The second-order valence-electron chi connectivity index (χ2n) is 9.87. The zero-order chi connectivity index (χ0) is 23.1. The van der Waals surface area contributed by atoms with Gasteiger partial charge in [-0.15, -0.1) is 0 Å². The quantitative estimate of drug-likeness (QED) is 0.471. The number of nitrogens with zero attached hydrogens (tertiary/aromatic N) is 3. The van der Waals surface area contributed by atoms with Gasteiger partial charge < -0.3 is 5.11 Å². The lowest BCUT2D eigenvalue weighted by molar-refractivity contribution is 0.423. The maximum Gasteiger partial charge on any atom is 0.282 e. The number of hydrogen-bond donors (Lipinski definition) is 1. The number of aromatic hydroxyl groups is 1. The Kier molecular flexibility index (Phi) is 6.16. The molecule has 0 spiro atoms. The van der Waals surface area contributed by atoms with Crippen LogP contribution in [0.4, 0.5) is 0 Å². The number of phenolic OH excluding ortho intramolecular Hbond substituents is 1. The highest BCUT2D eigenvalue weighted by Gasteiger charge is 2.26. The van der Waals surface area contributed by atoms with Crippen molar-refractivity contribution in [1.82, 2.24) is 9.66 Å². The van der Waals surface area contributed by atoms with Crippen LogP contribution in [-0.4, -0.2) is 21.0 Å². The Labute approximate surface area is 192 Å². The minimum atomic E-state index is -0.240. The fourth-order valence-corrected chi connectivity index (χ4v) is 3.90. The molecule has 6 heteroatoms. The highest BCUT2D eigenvalue weighted by atomic mass is 79.9. The van der Waals surface area contributed by atoms with Crippen molar-refractivity contribution in [3.05, 3.63) is 67.7 Å². The zero-order valence-corrected chi connectivity index (χ0v) is 20.8. The third-order valence-corrected chi connectivity index (χ3v) is 5.76. The SMILES string of the molecule is CCc1nc2ccc(Br)cc2c(=O)n1N=Cc1cc(C(C)(C)C)c(O)c(C(C)(C)C)c1. The van der Waals surface area contributed by atoms with E-state index in [4.69, 9.17) is 0 Å². The number of rotatable bonds is 3. The van der Waals surface area contributed by atoms with Crippen molar-refractivity contribution < 1.29 is 5.11 Å². The van der Waals surface area contributed by atoms with Crippen molar-refractivity contribution in [2.75, 3.05) is 0 Å². The van der Waals surface area contributed by atoms with Crippen LogP contribution in [0, 0.1) is 0 Å². The summed E-state index contributed by atoms with van der Waals surface area (Å²) in [5.41, 5.74) is 2.51. The van der Waals surface area contributed by atoms with Gasteiger partial charge in [0.2, 0.25) is 0 Å². The van der Waals surface area contributed by atoms with E-state index < -0.39 is 0 Å². The second-order valence-corrected chi connectivity index (χ2v) is 10.8. The van der Waals surface area contributed by atoms with Gasteiger partial charge in [-0.1, -0.05) is 64.4 Å². The topological polar surface area (TPSA) is 67.5 Å². The average Bonchev–Trinajstić information content (AvgIpc) is 2.66. The van der Waals surface area contributed by atoms with Crippen molar-refractivity contribution in [2.45, 2.75) is 65.7 Å². The van der Waals surface area contributed by atoms with E-state index in [1.54, 1.807) is 12.3 Å². The Hall–Kier alpha value is -2.47. The van der Waals surface area contributed by atoms with Gasteiger partial charge >= 0.3 is 0 Å². The number of hydrogen-bond acceptors (Lipinski definition) is 4. The highest BCUT2D eigenvalue weighted by molar-refractivity contribution is 9.10. The first-order chi connectivity index (χ1) is 14.3. The van der Waals surface area contributed by atoms with E-state index in [0.717, 1.165) is 21.2 Å². The summed E-state index contributed by atoms with van der Waals surface area (Å²) >= 11 is 3.42. The third kappa shape index (κ3) is 4.74. The molecule has 1 N–H and O–H groups in total. The van der Waals surface area contributed by atoms with E-state index in [0.29, 0.717) is 28.9 Å². The minimum Gasteiger partial charge on any atom is -0.507 e. The molecule has 0 bridgehead atoms. The predicted octanol–water partition coefficient (Wildman–Crippen LogP) is 5.90. The predicted molar refractivity (Wildman–Crippen MR) is 132 cm³/mol. The Morgan fingerprint density at radius 2 is 1.65 bits per heavy atom. The molecule has 1 heterocycles. The van der Waals surface area contributed by atoms with Crippen LogP contribution in [0.15, 0.2) is 44.7 Å². The summed E-state index contributed by atoms with van der Waals surface area (Å²) in [6.07, 6.45) is 2.25. The van der Waals surface area contributed by atoms with Crippen LogP contribution in [-0.2, 0) is 17.3 Å². The summed E-state index contributed by atoms with van der Waals surface area (Å²) in [5, 5.41) is 16.0. The maximum atomic E-state index is 13.1. The molecule has 0 radical (unpaired) electrons. The van der Waals surface area contributed by atoms with Crippen molar-refractivity contribution in [2.24, 2.45) is 5.10 Å². The molecule has 5 nitrogen and oxygen atoms in total. The van der Waals surface area contributed by atoms with Crippen LogP contribution in [0.25, 0.3) is 10.9 Å². The van der Waals surface area contributed by atoms with E-state index in [9.17, 15) is 9.90 Å². The molecule has 31 heavy (non-hydrogen) atoms. The van der Waals surface area contributed by atoms with Crippen molar-refractivity contribution >= 4 is 33.0 Å². The van der Waals surface area contributed by atoms with Crippen LogP contribution in [0.3, 0.4) is 0 Å². The maximum absolute atomic E-state index is 13.1. The zero-order valence-electron chi connectivity index (χ0n) is 19.2. The van der Waals surface area contributed by atoms with Gasteiger partial charge in [0, 0.05) is 22.0 Å². The summed E-state index contributed by atoms with van der Waals surface area (Å²) in [6.45, 7) is 14.4. The molecule has 0 unspecified atom stereocenters. The first kappa shape index (κ1) is 23.2. The van der Waals surface area contributed by atoms with Gasteiger partial charge in [-0.25, -0.2) is 4.98 Å². The molecule has 3 rings (SSSR count). The van der Waals surface area contributed by atoms with Gasteiger partial charge in [0.25, 0.3) is 5.56 Å². The van der Waals surface area contributed by atoms with Gasteiger partial charge in [0.15, 0.2) is 0 Å². The molecular weight excluding hydrogens is 454 g/mol. The molecular formula is C25H30BrN3O2. The minimum absolute atomic E-state index is 0.203. The summed E-state index contributed by atoms with van der Waals surface area (Å²) in [7, 11) is 0. The summed E-state index contributed by atoms with van der Waals surface area (Å²) < 4.78 is 2.19.